The van der Waals surface area contributed by atoms with Crippen molar-refractivity contribution in [1.82, 2.24) is 5.32 Å². The van der Waals surface area contributed by atoms with Crippen LogP contribution in [0.2, 0.25) is 0 Å². The van der Waals surface area contributed by atoms with E-state index in [-0.39, 0.29) is 5.57 Å². The molecule has 1 amide bonds. The summed E-state index contributed by atoms with van der Waals surface area (Å²) in [5.41, 5.74) is 0.471. The Kier molecular flexibility index (Phi) is 5.57. The van der Waals surface area contributed by atoms with Crippen LogP contribution in [0.25, 0.3) is 0 Å². The minimum atomic E-state index is -1.18. The SMILES string of the molecule is N#C/C(=C/Nc1ccccc1Br)C(=O)NCC(=O)O. The first-order chi connectivity index (χ1) is 9.04. The minimum Gasteiger partial charge on any atom is -0.480 e. The molecule has 0 bridgehead atoms. The molecule has 0 fully saturated rings. The van der Waals surface area contributed by atoms with Crippen molar-refractivity contribution < 1.29 is 14.7 Å². The molecule has 7 heteroatoms. The molecule has 0 heterocycles. The van der Waals surface area contributed by atoms with Gasteiger partial charge in [0.05, 0.1) is 5.69 Å². The lowest BCUT2D eigenvalue weighted by Gasteiger charge is -2.04. The standard InChI is InChI=1S/C12H10BrN3O3/c13-9-3-1-2-4-10(9)15-6-8(5-14)12(19)16-7-11(17)18/h1-4,6,15H,7H2,(H,16,19)(H,17,18)/b8-6-. The highest BCUT2D eigenvalue weighted by molar-refractivity contribution is 9.10. The summed E-state index contributed by atoms with van der Waals surface area (Å²) >= 11 is 3.30. The van der Waals surface area contributed by atoms with Crippen LogP contribution < -0.4 is 10.6 Å². The third-order valence-electron chi connectivity index (χ3n) is 2.01. The van der Waals surface area contributed by atoms with E-state index in [0.717, 1.165) is 4.47 Å². The number of anilines is 1. The lowest BCUT2D eigenvalue weighted by molar-refractivity contribution is -0.137. The summed E-state index contributed by atoms with van der Waals surface area (Å²) in [6.45, 7) is -0.535. The first kappa shape index (κ1) is 14.7. The fraction of sp³-hybridized carbons (Fsp3) is 0.0833. The summed E-state index contributed by atoms with van der Waals surface area (Å²) < 4.78 is 0.773. The van der Waals surface area contributed by atoms with Gasteiger partial charge in [-0.1, -0.05) is 12.1 Å². The molecule has 1 aromatic carbocycles. The molecular formula is C12H10BrN3O3. The maximum absolute atomic E-state index is 11.5. The van der Waals surface area contributed by atoms with Gasteiger partial charge in [0.1, 0.15) is 18.2 Å². The van der Waals surface area contributed by atoms with E-state index in [9.17, 15) is 9.59 Å². The number of nitrogens with one attached hydrogen (secondary N) is 2. The Labute approximate surface area is 117 Å². The van der Waals surface area contributed by atoms with Crippen molar-refractivity contribution in [3.8, 4) is 6.07 Å². The summed E-state index contributed by atoms with van der Waals surface area (Å²) in [6.07, 6.45) is 1.22. The Hall–Kier alpha value is -2.33. The van der Waals surface area contributed by atoms with Crippen LogP contribution in [0.15, 0.2) is 40.5 Å². The predicted octanol–water partition coefficient (Wildman–Crippen LogP) is 1.47. The van der Waals surface area contributed by atoms with Gasteiger partial charge >= 0.3 is 5.97 Å². The van der Waals surface area contributed by atoms with Crippen molar-refractivity contribution in [2.24, 2.45) is 0 Å². The minimum absolute atomic E-state index is 0.211. The second-order valence-electron chi connectivity index (χ2n) is 3.37. The molecular weight excluding hydrogens is 314 g/mol. The van der Waals surface area contributed by atoms with Crippen LogP contribution >= 0.6 is 15.9 Å². The second-order valence-corrected chi connectivity index (χ2v) is 4.22. The number of nitrogens with zero attached hydrogens (tertiary/aromatic N) is 1. The number of carboxylic acids is 1. The van der Waals surface area contributed by atoms with Crippen LogP contribution in [0.5, 0.6) is 0 Å². The number of nitriles is 1. The summed E-state index contributed by atoms with van der Waals surface area (Å²) in [5.74, 6) is -1.92. The molecule has 98 valence electrons. The summed E-state index contributed by atoms with van der Waals surface area (Å²) in [5, 5.41) is 22.1. The van der Waals surface area contributed by atoms with Gasteiger partial charge in [-0.3, -0.25) is 9.59 Å². The van der Waals surface area contributed by atoms with Crippen LogP contribution in [0.3, 0.4) is 0 Å². The number of carboxylic acid groups (broad SMARTS) is 1. The Balaban J connectivity index is 2.73. The van der Waals surface area contributed by atoms with Crippen LogP contribution in [0.4, 0.5) is 5.69 Å². The molecule has 1 rings (SSSR count). The highest BCUT2D eigenvalue weighted by Gasteiger charge is 2.09. The van der Waals surface area contributed by atoms with Gasteiger partial charge in [-0.2, -0.15) is 5.26 Å². The largest absolute Gasteiger partial charge is 0.480 e. The molecule has 0 spiro atoms. The molecule has 0 atom stereocenters. The molecule has 19 heavy (non-hydrogen) atoms. The summed E-state index contributed by atoms with van der Waals surface area (Å²) in [7, 11) is 0. The quantitative estimate of drug-likeness (QED) is 0.562. The van der Waals surface area contributed by atoms with Crippen molar-refractivity contribution in [1.29, 1.82) is 5.26 Å². The average molecular weight is 324 g/mol. The van der Waals surface area contributed by atoms with Gasteiger partial charge in [0.15, 0.2) is 0 Å². The van der Waals surface area contributed by atoms with Gasteiger partial charge in [0, 0.05) is 10.7 Å². The van der Waals surface area contributed by atoms with Gasteiger partial charge in [-0.15, -0.1) is 0 Å². The Morgan fingerprint density at radius 1 is 1.42 bits per heavy atom. The van der Waals surface area contributed by atoms with E-state index in [4.69, 9.17) is 10.4 Å². The second kappa shape index (κ2) is 7.18. The highest BCUT2D eigenvalue weighted by Crippen LogP contribution is 2.21. The fourth-order valence-corrected chi connectivity index (χ4v) is 1.53. The van der Waals surface area contributed by atoms with Gasteiger partial charge in [0.2, 0.25) is 0 Å². The van der Waals surface area contributed by atoms with Crippen LogP contribution in [0.1, 0.15) is 0 Å². The number of para-hydroxylation sites is 1. The molecule has 1 aromatic rings. The molecule has 6 nitrogen and oxygen atoms in total. The van der Waals surface area contributed by atoms with E-state index in [0.29, 0.717) is 5.69 Å². The number of carbonyl (C=O) groups is 2. The average Bonchev–Trinajstić information content (AvgIpc) is 2.39. The number of hydrogen-bond acceptors (Lipinski definition) is 4. The molecule has 0 aliphatic heterocycles. The van der Waals surface area contributed by atoms with Crippen LogP contribution in [-0.4, -0.2) is 23.5 Å². The molecule has 3 N–H and O–H groups in total. The van der Waals surface area contributed by atoms with Gasteiger partial charge < -0.3 is 15.7 Å². The zero-order valence-electron chi connectivity index (χ0n) is 9.68. The zero-order chi connectivity index (χ0) is 14.3. The Morgan fingerprint density at radius 2 is 2.11 bits per heavy atom. The number of amides is 1. The van der Waals surface area contributed by atoms with Gasteiger partial charge in [-0.25, -0.2) is 0 Å². The number of rotatable bonds is 5. The van der Waals surface area contributed by atoms with Crippen molar-refractivity contribution in [3.05, 3.63) is 40.5 Å². The van der Waals surface area contributed by atoms with Gasteiger partial charge in [0.25, 0.3) is 5.91 Å². The smallest absolute Gasteiger partial charge is 0.322 e. The molecule has 0 unspecified atom stereocenters. The molecule has 0 aliphatic carbocycles. The molecule has 0 aliphatic rings. The maximum Gasteiger partial charge on any atom is 0.322 e. The Bertz CT molecular complexity index is 564. The first-order valence-electron chi connectivity index (χ1n) is 5.16. The Morgan fingerprint density at radius 3 is 2.68 bits per heavy atom. The predicted molar refractivity (Wildman–Crippen MR) is 72.1 cm³/mol. The third-order valence-corrected chi connectivity index (χ3v) is 2.70. The molecule has 0 radical (unpaired) electrons. The van der Waals surface area contributed by atoms with Gasteiger partial charge in [-0.05, 0) is 28.1 Å². The van der Waals surface area contributed by atoms with E-state index >= 15 is 0 Å². The van der Waals surface area contributed by atoms with E-state index in [1.807, 2.05) is 6.07 Å². The first-order valence-corrected chi connectivity index (χ1v) is 5.95. The normalized spacial score (nSPS) is 10.4. The number of benzene rings is 1. The highest BCUT2D eigenvalue weighted by atomic mass is 79.9. The lowest BCUT2D eigenvalue weighted by atomic mass is 10.3. The van der Waals surface area contributed by atoms with E-state index in [1.54, 1.807) is 24.3 Å². The third kappa shape index (κ3) is 4.81. The number of aliphatic carboxylic acids is 1. The molecule has 0 saturated carbocycles. The van der Waals surface area contributed by atoms with E-state index < -0.39 is 18.4 Å². The summed E-state index contributed by atoms with van der Waals surface area (Å²) in [4.78, 5) is 21.8. The van der Waals surface area contributed by atoms with E-state index in [2.05, 4.69) is 26.6 Å². The lowest BCUT2D eigenvalue weighted by Crippen LogP contribution is -2.30. The number of halogens is 1. The molecule has 0 aromatic heterocycles. The van der Waals surface area contributed by atoms with Crippen molar-refractivity contribution >= 4 is 33.5 Å². The van der Waals surface area contributed by atoms with Crippen molar-refractivity contribution in [3.63, 3.8) is 0 Å². The van der Waals surface area contributed by atoms with Crippen molar-refractivity contribution in [2.45, 2.75) is 0 Å². The van der Waals surface area contributed by atoms with Crippen LogP contribution in [0, 0.1) is 11.3 Å². The monoisotopic (exact) mass is 323 g/mol. The van der Waals surface area contributed by atoms with Crippen LogP contribution in [-0.2, 0) is 9.59 Å². The molecule has 0 saturated heterocycles. The topological polar surface area (TPSA) is 102 Å². The number of carbonyl (C=O) groups excluding carboxylic acids is 1. The number of hydrogen-bond donors (Lipinski definition) is 3. The maximum atomic E-state index is 11.5. The van der Waals surface area contributed by atoms with E-state index in [1.165, 1.54) is 6.20 Å². The summed E-state index contributed by atoms with van der Waals surface area (Å²) in [6, 6.07) is 8.86. The van der Waals surface area contributed by atoms with Crippen molar-refractivity contribution in [2.75, 3.05) is 11.9 Å². The fourth-order valence-electron chi connectivity index (χ4n) is 1.13. The zero-order valence-corrected chi connectivity index (χ0v) is 11.3.